The van der Waals surface area contributed by atoms with Crippen molar-refractivity contribution in [2.45, 2.75) is 68.5 Å². The molecule has 0 radical (unpaired) electrons. The van der Waals surface area contributed by atoms with E-state index in [1.165, 1.54) is 6.42 Å². The van der Waals surface area contributed by atoms with Crippen molar-refractivity contribution < 1.29 is 24.9 Å². The molecule has 4 N–H and O–H groups in total. The third-order valence-electron chi connectivity index (χ3n) is 6.37. The maximum absolute atomic E-state index is 12.4. The molecule has 2 unspecified atom stereocenters. The lowest BCUT2D eigenvalue weighted by molar-refractivity contribution is -0.147. The van der Waals surface area contributed by atoms with Crippen molar-refractivity contribution in [3.8, 4) is 6.07 Å². The Kier molecular flexibility index (Phi) is 5.13. The third kappa shape index (κ3) is 3.94. The maximum Gasteiger partial charge on any atom is 0.503 e. The van der Waals surface area contributed by atoms with Gasteiger partial charge in [0.2, 0.25) is 5.91 Å². The summed E-state index contributed by atoms with van der Waals surface area (Å²) in [6.07, 6.45) is 6.04. The summed E-state index contributed by atoms with van der Waals surface area (Å²) in [4.78, 5) is 22.7. The van der Waals surface area contributed by atoms with Gasteiger partial charge in [-0.05, 0) is 63.2 Å². The number of nitrogens with one attached hydrogen (secondary N) is 1. The number of carboxylic acid groups (broad SMARTS) is 2. The monoisotopic (exact) mass is 365 g/mol. The molecule has 8 nitrogen and oxygen atoms in total. The van der Waals surface area contributed by atoms with Gasteiger partial charge in [-0.3, -0.25) is 4.79 Å². The fourth-order valence-electron chi connectivity index (χ4n) is 5.99. The molecule has 0 aromatic rings. The quantitative estimate of drug-likeness (QED) is 0.594. The van der Waals surface area contributed by atoms with Crippen molar-refractivity contribution >= 4 is 12.1 Å². The molecule has 1 heterocycles. The van der Waals surface area contributed by atoms with E-state index in [0.717, 1.165) is 44.9 Å². The summed E-state index contributed by atoms with van der Waals surface area (Å²) in [6.45, 7) is 1.02. The standard InChI is InChI=1S/C17H25N3O2.CH2O3/c18-9-14-2-1-3-20(14)15(21)10-19-16-5-12-4-13(6-16)8-17(22,7-12)11-16;2-1(3)4/h12-14,19,22H,1-8,10-11H2;(H2,2,3,4)/t12?,13?,14-,16?,17?;/m0./s1. The van der Waals surface area contributed by atoms with E-state index in [1.54, 1.807) is 4.90 Å². The van der Waals surface area contributed by atoms with E-state index < -0.39 is 11.8 Å². The van der Waals surface area contributed by atoms with Crippen molar-refractivity contribution in [2.75, 3.05) is 13.1 Å². The van der Waals surface area contributed by atoms with Gasteiger partial charge in [-0.25, -0.2) is 4.79 Å². The lowest BCUT2D eigenvalue weighted by atomic mass is 9.51. The van der Waals surface area contributed by atoms with E-state index in [0.29, 0.717) is 24.9 Å². The highest BCUT2D eigenvalue weighted by Crippen LogP contribution is 2.57. The lowest BCUT2D eigenvalue weighted by Crippen LogP contribution is -2.65. The first kappa shape index (κ1) is 18.9. The van der Waals surface area contributed by atoms with Gasteiger partial charge in [-0.15, -0.1) is 0 Å². The first-order valence-corrected chi connectivity index (χ1v) is 9.33. The minimum atomic E-state index is -1.83. The molecule has 5 aliphatic rings. The lowest BCUT2D eigenvalue weighted by Gasteiger charge is -2.60. The molecule has 3 atom stereocenters. The fourth-order valence-corrected chi connectivity index (χ4v) is 5.99. The molecule has 0 spiro atoms. The normalized spacial score (nSPS) is 39.8. The van der Waals surface area contributed by atoms with Crippen LogP contribution in [0.5, 0.6) is 0 Å². The Morgan fingerprint density at radius 2 is 1.81 bits per heavy atom. The molecule has 26 heavy (non-hydrogen) atoms. The molecule has 5 rings (SSSR count). The third-order valence-corrected chi connectivity index (χ3v) is 6.37. The predicted molar refractivity (Wildman–Crippen MR) is 91.4 cm³/mol. The second kappa shape index (κ2) is 7.05. The van der Waals surface area contributed by atoms with Gasteiger partial charge in [0.15, 0.2) is 0 Å². The fraction of sp³-hybridized carbons (Fsp3) is 0.833. The summed E-state index contributed by atoms with van der Waals surface area (Å²) in [7, 11) is 0. The van der Waals surface area contributed by atoms with Crippen LogP contribution in [0.2, 0.25) is 0 Å². The maximum atomic E-state index is 12.4. The topological polar surface area (TPSA) is 134 Å². The largest absolute Gasteiger partial charge is 0.503 e. The van der Waals surface area contributed by atoms with E-state index in [2.05, 4.69) is 11.4 Å². The number of hydrogen-bond donors (Lipinski definition) is 4. The van der Waals surface area contributed by atoms with Crippen LogP contribution in [-0.2, 0) is 4.79 Å². The second-order valence-corrected chi connectivity index (χ2v) is 8.48. The van der Waals surface area contributed by atoms with Gasteiger partial charge >= 0.3 is 6.16 Å². The van der Waals surface area contributed by atoms with Crippen LogP contribution in [0, 0.1) is 23.2 Å². The van der Waals surface area contributed by atoms with E-state index in [9.17, 15) is 9.90 Å². The van der Waals surface area contributed by atoms with Crippen LogP contribution in [0.25, 0.3) is 0 Å². The Bertz CT molecular complexity index is 598. The molecular weight excluding hydrogens is 338 g/mol. The van der Waals surface area contributed by atoms with Crippen LogP contribution >= 0.6 is 0 Å². The second-order valence-electron chi connectivity index (χ2n) is 8.48. The zero-order chi connectivity index (χ0) is 18.9. The van der Waals surface area contributed by atoms with Crippen LogP contribution in [0.15, 0.2) is 0 Å². The summed E-state index contributed by atoms with van der Waals surface area (Å²) >= 11 is 0. The summed E-state index contributed by atoms with van der Waals surface area (Å²) in [6, 6.07) is 1.99. The Morgan fingerprint density at radius 1 is 1.19 bits per heavy atom. The summed E-state index contributed by atoms with van der Waals surface area (Å²) in [5.41, 5.74) is -0.542. The molecule has 1 aliphatic heterocycles. The minimum Gasteiger partial charge on any atom is -0.450 e. The minimum absolute atomic E-state index is 0.0453. The summed E-state index contributed by atoms with van der Waals surface area (Å²) < 4.78 is 0. The van der Waals surface area contributed by atoms with Gasteiger partial charge in [-0.2, -0.15) is 5.26 Å². The van der Waals surface area contributed by atoms with Gasteiger partial charge in [0, 0.05) is 12.1 Å². The zero-order valence-corrected chi connectivity index (χ0v) is 14.9. The number of nitriles is 1. The highest BCUT2D eigenvalue weighted by atomic mass is 16.6. The smallest absolute Gasteiger partial charge is 0.450 e. The number of hydrogen-bond acceptors (Lipinski definition) is 5. The van der Waals surface area contributed by atoms with Crippen LogP contribution in [0.4, 0.5) is 4.79 Å². The van der Waals surface area contributed by atoms with Crippen molar-refractivity contribution in [1.29, 1.82) is 5.26 Å². The zero-order valence-electron chi connectivity index (χ0n) is 14.9. The van der Waals surface area contributed by atoms with Gasteiger partial charge in [0.05, 0.1) is 18.2 Å². The molecule has 1 saturated heterocycles. The number of nitrogens with zero attached hydrogens (tertiary/aromatic N) is 2. The highest BCUT2D eigenvalue weighted by Gasteiger charge is 2.57. The predicted octanol–water partition coefficient (Wildman–Crippen LogP) is 1.40. The summed E-state index contributed by atoms with van der Waals surface area (Å²) in [5, 5.41) is 37.3. The molecule has 144 valence electrons. The number of likely N-dealkylation sites (tertiary alicyclic amines) is 1. The van der Waals surface area contributed by atoms with Crippen LogP contribution in [0.3, 0.4) is 0 Å². The molecular formula is C18H27N3O5. The van der Waals surface area contributed by atoms with E-state index in [1.807, 2.05) is 0 Å². The van der Waals surface area contributed by atoms with Gasteiger partial charge < -0.3 is 25.5 Å². The molecule has 4 bridgehead atoms. The number of carbonyl (C=O) groups excluding carboxylic acids is 1. The first-order valence-electron chi connectivity index (χ1n) is 9.33. The number of aliphatic hydroxyl groups is 1. The molecule has 4 aliphatic carbocycles. The van der Waals surface area contributed by atoms with Crippen molar-refractivity contribution in [2.24, 2.45) is 11.8 Å². The average Bonchev–Trinajstić information content (AvgIpc) is 2.98. The van der Waals surface area contributed by atoms with E-state index in [-0.39, 0.29) is 17.5 Å². The number of carbonyl (C=O) groups is 2. The Morgan fingerprint density at radius 3 is 2.35 bits per heavy atom. The molecule has 4 saturated carbocycles. The molecule has 0 aromatic heterocycles. The Balaban J connectivity index is 0.000000447. The van der Waals surface area contributed by atoms with Gasteiger partial charge in [0.1, 0.15) is 6.04 Å². The number of amides is 1. The molecule has 1 amide bonds. The first-order chi connectivity index (χ1) is 12.2. The van der Waals surface area contributed by atoms with Crippen LogP contribution in [-0.4, -0.2) is 62.6 Å². The van der Waals surface area contributed by atoms with Crippen molar-refractivity contribution in [3.05, 3.63) is 0 Å². The SMILES string of the molecule is N#C[C@@H]1CCCN1C(=O)CNC12CC3CC(CC(O)(C3)C1)C2.O=C(O)O. The Labute approximate surface area is 152 Å². The van der Waals surface area contributed by atoms with E-state index in [4.69, 9.17) is 20.3 Å². The van der Waals surface area contributed by atoms with Crippen molar-refractivity contribution in [1.82, 2.24) is 10.2 Å². The highest BCUT2D eigenvalue weighted by molar-refractivity contribution is 5.79. The average molecular weight is 365 g/mol. The molecule has 0 aromatic carbocycles. The molecule has 5 fully saturated rings. The van der Waals surface area contributed by atoms with E-state index >= 15 is 0 Å². The van der Waals surface area contributed by atoms with Crippen LogP contribution < -0.4 is 5.32 Å². The Hall–Kier alpha value is -1.85. The van der Waals surface area contributed by atoms with Gasteiger partial charge in [-0.1, -0.05) is 0 Å². The van der Waals surface area contributed by atoms with Gasteiger partial charge in [0.25, 0.3) is 0 Å². The van der Waals surface area contributed by atoms with Crippen LogP contribution in [0.1, 0.15) is 51.4 Å². The summed E-state index contributed by atoms with van der Waals surface area (Å²) in [5.74, 6) is 1.28. The van der Waals surface area contributed by atoms with Crippen molar-refractivity contribution in [3.63, 3.8) is 0 Å². The number of rotatable bonds is 3. The molecule has 8 heteroatoms.